The molecule has 0 N–H and O–H groups in total. The molecule has 30 heavy (non-hydrogen) atoms. The molecule has 8 nitrogen and oxygen atoms in total. The lowest BCUT2D eigenvalue weighted by atomic mass is 10.0. The van der Waals surface area contributed by atoms with Gasteiger partial charge in [0, 0.05) is 45.0 Å². The first kappa shape index (κ1) is 20.3. The molecule has 3 aromatic rings. The molecule has 0 radical (unpaired) electrons. The average molecular weight is 409 g/mol. The van der Waals surface area contributed by atoms with Gasteiger partial charge in [-0.2, -0.15) is 0 Å². The standard InChI is InChI=1S/C22H28N6O2/c1-29-16-15-28-22(23-24-25-28)21(18-7-4-3-5-8-18)27-13-11-26(12-14-27)19-9-6-10-20(17-19)30-2/h3-10,17,21H,11-16H2,1-2H3. The summed E-state index contributed by atoms with van der Waals surface area (Å²) in [7, 11) is 3.39. The molecule has 1 aliphatic rings. The lowest BCUT2D eigenvalue weighted by molar-refractivity contribution is 0.171. The van der Waals surface area contributed by atoms with Gasteiger partial charge in [0.05, 0.1) is 26.3 Å². The highest BCUT2D eigenvalue weighted by molar-refractivity contribution is 5.51. The van der Waals surface area contributed by atoms with Crippen molar-refractivity contribution in [2.45, 2.75) is 12.6 Å². The predicted molar refractivity (Wildman–Crippen MR) is 115 cm³/mol. The molecule has 1 atom stereocenters. The van der Waals surface area contributed by atoms with Crippen molar-refractivity contribution in [3.05, 3.63) is 66.0 Å². The van der Waals surface area contributed by atoms with Crippen LogP contribution in [-0.2, 0) is 11.3 Å². The molecule has 0 spiro atoms. The van der Waals surface area contributed by atoms with Gasteiger partial charge >= 0.3 is 0 Å². The highest BCUT2D eigenvalue weighted by Crippen LogP contribution is 2.29. The van der Waals surface area contributed by atoms with E-state index < -0.39 is 0 Å². The smallest absolute Gasteiger partial charge is 0.173 e. The minimum Gasteiger partial charge on any atom is -0.497 e. The lowest BCUT2D eigenvalue weighted by Crippen LogP contribution is -2.48. The molecule has 0 amide bonds. The quantitative estimate of drug-likeness (QED) is 0.566. The summed E-state index contributed by atoms with van der Waals surface area (Å²) >= 11 is 0. The minimum atomic E-state index is 0.00511. The minimum absolute atomic E-state index is 0.00511. The number of aromatic nitrogens is 4. The summed E-state index contributed by atoms with van der Waals surface area (Å²) in [5.41, 5.74) is 2.39. The van der Waals surface area contributed by atoms with Gasteiger partial charge in [-0.05, 0) is 28.1 Å². The average Bonchev–Trinajstić information content (AvgIpc) is 3.27. The third-order valence-corrected chi connectivity index (χ3v) is 5.52. The van der Waals surface area contributed by atoms with Crippen molar-refractivity contribution in [2.75, 3.05) is 51.9 Å². The number of hydrogen-bond acceptors (Lipinski definition) is 7. The lowest BCUT2D eigenvalue weighted by Gasteiger charge is -2.40. The first-order valence-corrected chi connectivity index (χ1v) is 10.2. The van der Waals surface area contributed by atoms with Gasteiger partial charge in [0.15, 0.2) is 5.82 Å². The Balaban J connectivity index is 1.55. The third-order valence-electron chi connectivity index (χ3n) is 5.52. The number of nitrogens with zero attached hydrogens (tertiary/aromatic N) is 6. The van der Waals surface area contributed by atoms with Crippen LogP contribution in [0.5, 0.6) is 5.75 Å². The Kier molecular flexibility index (Phi) is 6.56. The monoisotopic (exact) mass is 408 g/mol. The van der Waals surface area contributed by atoms with Crippen molar-refractivity contribution in [3.63, 3.8) is 0 Å². The number of ether oxygens (including phenoxy) is 2. The summed E-state index contributed by atoms with van der Waals surface area (Å²) < 4.78 is 12.5. The van der Waals surface area contributed by atoms with E-state index in [0.717, 1.165) is 37.8 Å². The Morgan fingerprint density at radius 2 is 1.77 bits per heavy atom. The summed E-state index contributed by atoms with van der Waals surface area (Å²) in [5, 5.41) is 12.6. The Labute approximate surface area is 177 Å². The van der Waals surface area contributed by atoms with Crippen LogP contribution in [0.15, 0.2) is 54.6 Å². The van der Waals surface area contributed by atoms with E-state index in [9.17, 15) is 0 Å². The number of rotatable bonds is 8. The van der Waals surface area contributed by atoms with Crippen LogP contribution in [0.3, 0.4) is 0 Å². The Bertz CT molecular complexity index is 924. The van der Waals surface area contributed by atoms with E-state index in [4.69, 9.17) is 9.47 Å². The van der Waals surface area contributed by atoms with Gasteiger partial charge in [-0.3, -0.25) is 4.90 Å². The van der Waals surface area contributed by atoms with Crippen LogP contribution in [0.4, 0.5) is 5.69 Å². The largest absolute Gasteiger partial charge is 0.497 e. The van der Waals surface area contributed by atoms with Crippen LogP contribution in [0, 0.1) is 0 Å². The summed E-state index contributed by atoms with van der Waals surface area (Å²) in [4.78, 5) is 4.86. The fourth-order valence-corrected chi connectivity index (χ4v) is 3.95. The summed E-state index contributed by atoms with van der Waals surface area (Å²) in [6.07, 6.45) is 0. The molecule has 1 saturated heterocycles. The summed E-state index contributed by atoms with van der Waals surface area (Å²) in [6, 6.07) is 18.7. The summed E-state index contributed by atoms with van der Waals surface area (Å²) in [5.74, 6) is 1.74. The fourth-order valence-electron chi connectivity index (χ4n) is 3.95. The van der Waals surface area contributed by atoms with Crippen LogP contribution in [0.25, 0.3) is 0 Å². The van der Waals surface area contributed by atoms with Crippen molar-refractivity contribution < 1.29 is 9.47 Å². The second kappa shape index (κ2) is 9.69. The van der Waals surface area contributed by atoms with E-state index >= 15 is 0 Å². The van der Waals surface area contributed by atoms with Gasteiger partial charge < -0.3 is 14.4 Å². The van der Waals surface area contributed by atoms with Crippen molar-refractivity contribution in [1.29, 1.82) is 0 Å². The van der Waals surface area contributed by atoms with Crippen molar-refractivity contribution in [2.24, 2.45) is 0 Å². The number of piperazine rings is 1. The van der Waals surface area contributed by atoms with E-state index in [2.05, 4.69) is 61.7 Å². The molecule has 4 rings (SSSR count). The first-order chi connectivity index (χ1) is 14.8. The SMILES string of the molecule is COCCn1nnnc1C(c1ccccc1)N1CCN(c2cccc(OC)c2)CC1. The maximum Gasteiger partial charge on any atom is 0.173 e. The number of anilines is 1. The molecule has 1 aromatic heterocycles. The van der Waals surface area contributed by atoms with E-state index in [1.54, 1.807) is 14.2 Å². The van der Waals surface area contributed by atoms with Crippen molar-refractivity contribution >= 4 is 5.69 Å². The van der Waals surface area contributed by atoms with E-state index in [1.165, 1.54) is 11.3 Å². The van der Waals surface area contributed by atoms with Crippen LogP contribution in [-0.4, -0.2) is 72.1 Å². The van der Waals surface area contributed by atoms with Crippen LogP contribution < -0.4 is 9.64 Å². The van der Waals surface area contributed by atoms with Crippen LogP contribution in [0.1, 0.15) is 17.4 Å². The van der Waals surface area contributed by atoms with E-state index in [1.807, 2.05) is 22.9 Å². The van der Waals surface area contributed by atoms with E-state index in [-0.39, 0.29) is 6.04 Å². The second-order valence-corrected chi connectivity index (χ2v) is 7.29. The zero-order valence-electron chi connectivity index (χ0n) is 17.5. The van der Waals surface area contributed by atoms with Crippen molar-refractivity contribution in [1.82, 2.24) is 25.1 Å². The number of benzene rings is 2. The first-order valence-electron chi connectivity index (χ1n) is 10.2. The van der Waals surface area contributed by atoms with E-state index in [0.29, 0.717) is 13.2 Å². The highest BCUT2D eigenvalue weighted by atomic mass is 16.5. The molecule has 158 valence electrons. The normalized spacial score (nSPS) is 15.9. The fraction of sp³-hybridized carbons (Fsp3) is 0.409. The van der Waals surface area contributed by atoms with Crippen LogP contribution in [0.2, 0.25) is 0 Å². The zero-order chi connectivity index (χ0) is 20.8. The Morgan fingerprint density at radius 1 is 0.967 bits per heavy atom. The van der Waals surface area contributed by atoms with Gasteiger partial charge in [-0.1, -0.05) is 36.4 Å². The molecule has 0 saturated carbocycles. The maximum absolute atomic E-state index is 5.38. The van der Waals surface area contributed by atoms with Gasteiger partial charge in [0.25, 0.3) is 0 Å². The molecule has 1 aliphatic heterocycles. The molecule has 1 fully saturated rings. The molecule has 2 aromatic carbocycles. The zero-order valence-corrected chi connectivity index (χ0v) is 17.5. The van der Waals surface area contributed by atoms with Gasteiger partial charge in [-0.15, -0.1) is 5.10 Å². The van der Waals surface area contributed by atoms with Gasteiger partial charge in [0.2, 0.25) is 0 Å². The number of hydrogen-bond donors (Lipinski definition) is 0. The topological polar surface area (TPSA) is 68.5 Å². The molecular formula is C22H28N6O2. The molecular weight excluding hydrogens is 380 g/mol. The number of methoxy groups -OCH3 is 2. The molecule has 0 bridgehead atoms. The highest BCUT2D eigenvalue weighted by Gasteiger charge is 2.30. The Hall–Kier alpha value is -2.97. The number of tetrazole rings is 1. The van der Waals surface area contributed by atoms with Gasteiger partial charge in [0.1, 0.15) is 5.75 Å². The second-order valence-electron chi connectivity index (χ2n) is 7.29. The maximum atomic E-state index is 5.38. The Morgan fingerprint density at radius 3 is 2.50 bits per heavy atom. The molecule has 8 heteroatoms. The molecule has 1 unspecified atom stereocenters. The predicted octanol–water partition coefficient (Wildman–Crippen LogP) is 2.24. The van der Waals surface area contributed by atoms with Crippen LogP contribution >= 0.6 is 0 Å². The summed E-state index contributed by atoms with van der Waals surface area (Å²) in [6.45, 7) is 4.88. The molecule has 2 heterocycles. The third kappa shape index (κ3) is 4.44. The molecule has 0 aliphatic carbocycles. The van der Waals surface area contributed by atoms with Crippen molar-refractivity contribution in [3.8, 4) is 5.75 Å². The van der Waals surface area contributed by atoms with Gasteiger partial charge in [-0.25, -0.2) is 4.68 Å².